The zero-order valence-corrected chi connectivity index (χ0v) is 13.0. The van der Waals surface area contributed by atoms with Gasteiger partial charge in [-0.3, -0.25) is 4.79 Å². The maximum atomic E-state index is 12.1. The van der Waals surface area contributed by atoms with Crippen LogP contribution in [0.4, 0.5) is 5.69 Å². The number of hydrogen-bond donors (Lipinski definition) is 1. The van der Waals surface area contributed by atoms with Crippen molar-refractivity contribution in [3.63, 3.8) is 0 Å². The SMILES string of the molecule is CSc1ncc(Cl)c(C(=O)Nc2ccc(Br)cc2)n1. The van der Waals surface area contributed by atoms with Crippen LogP contribution in [0, 0.1) is 0 Å². The van der Waals surface area contributed by atoms with Crippen LogP contribution in [0.5, 0.6) is 0 Å². The third-order valence-corrected chi connectivity index (χ3v) is 3.59. The molecule has 19 heavy (non-hydrogen) atoms. The molecule has 1 aromatic heterocycles. The van der Waals surface area contributed by atoms with E-state index >= 15 is 0 Å². The topological polar surface area (TPSA) is 54.9 Å². The van der Waals surface area contributed by atoms with Crippen molar-refractivity contribution in [1.29, 1.82) is 0 Å². The number of thioether (sulfide) groups is 1. The number of halogens is 2. The molecule has 0 fully saturated rings. The number of hydrogen-bond acceptors (Lipinski definition) is 4. The van der Waals surface area contributed by atoms with Gasteiger partial charge < -0.3 is 5.32 Å². The summed E-state index contributed by atoms with van der Waals surface area (Å²) in [7, 11) is 0. The third kappa shape index (κ3) is 3.68. The molecule has 0 unspecified atom stereocenters. The number of carbonyl (C=O) groups is 1. The van der Waals surface area contributed by atoms with Gasteiger partial charge in [-0.05, 0) is 30.5 Å². The van der Waals surface area contributed by atoms with Crippen molar-refractivity contribution < 1.29 is 4.79 Å². The molecule has 4 nitrogen and oxygen atoms in total. The monoisotopic (exact) mass is 357 g/mol. The van der Waals surface area contributed by atoms with Crippen LogP contribution in [-0.2, 0) is 0 Å². The Morgan fingerprint density at radius 2 is 2.05 bits per heavy atom. The molecule has 7 heteroatoms. The molecule has 0 bridgehead atoms. The summed E-state index contributed by atoms with van der Waals surface area (Å²) >= 11 is 10.6. The minimum Gasteiger partial charge on any atom is -0.321 e. The summed E-state index contributed by atoms with van der Waals surface area (Å²) in [5.74, 6) is -0.356. The summed E-state index contributed by atoms with van der Waals surface area (Å²) in [5.41, 5.74) is 0.845. The summed E-state index contributed by atoms with van der Waals surface area (Å²) in [4.78, 5) is 20.2. The van der Waals surface area contributed by atoms with Crippen molar-refractivity contribution in [3.05, 3.63) is 45.7 Å². The fourth-order valence-corrected chi connectivity index (χ4v) is 2.11. The van der Waals surface area contributed by atoms with Crippen LogP contribution in [0.3, 0.4) is 0 Å². The Morgan fingerprint density at radius 1 is 1.37 bits per heavy atom. The molecular weight excluding hydrogens is 350 g/mol. The van der Waals surface area contributed by atoms with Gasteiger partial charge in [0.25, 0.3) is 5.91 Å². The molecule has 1 N–H and O–H groups in total. The van der Waals surface area contributed by atoms with Crippen molar-refractivity contribution >= 4 is 50.9 Å². The molecule has 0 atom stereocenters. The molecule has 0 aliphatic rings. The van der Waals surface area contributed by atoms with E-state index in [-0.39, 0.29) is 16.6 Å². The Bertz CT molecular complexity index is 606. The number of aromatic nitrogens is 2. The summed E-state index contributed by atoms with van der Waals surface area (Å²) in [6.07, 6.45) is 3.26. The van der Waals surface area contributed by atoms with Gasteiger partial charge >= 0.3 is 0 Å². The summed E-state index contributed by atoms with van der Waals surface area (Å²) in [5, 5.41) is 3.47. The lowest BCUT2D eigenvalue weighted by atomic mass is 10.3. The Morgan fingerprint density at radius 3 is 2.68 bits per heavy atom. The molecule has 2 aromatic rings. The van der Waals surface area contributed by atoms with Crippen LogP contribution >= 0.6 is 39.3 Å². The largest absolute Gasteiger partial charge is 0.321 e. The molecule has 0 radical (unpaired) electrons. The smallest absolute Gasteiger partial charge is 0.275 e. The first-order chi connectivity index (χ1) is 9.10. The first kappa shape index (κ1) is 14.3. The number of benzene rings is 1. The van der Waals surface area contributed by atoms with Crippen LogP contribution in [0.1, 0.15) is 10.5 Å². The van der Waals surface area contributed by atoms with Crippen molar-refractivity contribution in [2.75, 3.05) is 11.6 Å². The van der Waals surface area contributed by atoms with Crippen LogP contribution in [0.15, 0.2) is 40.1 Å². The number of rotatable bonds is 3. The summed E-state index contributed by atoms with van der Waals surface area (Å²) in [6, 6.07) is 7.24. The van der Waals surface area contributed by atoms with E-state index in [4.69, 9.17) is 11.6 Å². The molecule has 0 saturated carbocycles. The first-order valence-electron chi connectivity index (χ1n) is 5.23. The molecule has 1 amide bonds. The van der Waals surface area contributed by atoms with Crippen LogP contribution in [-0.4, -0.2) is 22.1 Å². The van der Waals surface area contributed by atoms with Gasteiger partial charge in [0.2, 0.25) is 0 Å². The molecular formula is C12H9BrClN3OS. The third-order valence-electron chi connectivity index (χ3n) is 2.22. The van der Waals surface area contributed by atoms with Gasteiger partial charge in [0.1, 0.15) is 0 Å². The van der Waals surface area contributed by atoms with Crippen molar-refractivity contribution in [2.45, 2.75) is 5.16 Å². The van der Waals surface area contributed by atoms with Gasteiger partial charge in [-0.1, -0.05) is 39.3 Å². The molecule has 0 spiro atoms. The normalized spacial score (nSPS) is 10.3. The molecule has 1 heterocycles. The van der Waals surface area contributed by atoms with Gasteiger partial charge in [-0.25, -0.2) is 9.97 Å². The fraction of sp³-hybridized carbons (Fsp3) is 0.0833. The zero-order chi connectivity index (χ0) is 13.8. The molecule has 0 saturated heterocycles. The Kier molecular flexibility index (Phi) is 4.79. The quantitative estimate of drug-likeness (QED) is 0.668. The van der Waals surface area contributed by atoms with Crippen LogP contribution in [0.25, 0.3) is 0 Å². The van der Waals surface area contributed by atoms with Gasteiger partial charge in [-0.2, -0.15) is 0 Å². The van der Waals surface area contributed by atoms with Crippen molar-refractivity contribution in [1.82, 2.24) is 9.97 Å². The van der Waals surface area contributed by atoms with Gasteiger partial charge in [0.05, 0.1) is 11.2 Å². The second kappa shape index (κ2) is 6.36. The average Bonchev–Trinajstić information content (AvgIpc) is 2.42. The predicted molar refractivity (Wildman–Crippen MR) is 80.9 cm³/mol. The standard InChI is InChI=1S/C12H9BrClN3OS/c1-19-12-15-6-9(14)10(17-12)11(18)16-8-4-2-7(13)3-5-8/h2-6H,1H3,(H,16,18). The van der Waals surface area contributed by atoms with E-state index in [1.54, 1.807) is 12.1 Å². The zero-order valence-electron chi connectivity index (χ0n) is 9.85. The van der Waals surface area contributed by atoms with E-state index in [9.17, 15) is 4.79 Å². The highest BCUT2D eigenvalue weighted by Crippen LogP contribution is 2.19. The Labute approximate surface area is 128 Å². The predicted octanol–water partition coefficient (Wildman–Crippen LogP) is 3.87. The van der Waals surface area contributed by atoms with E-state index in [0.717, 1.165) is 4.47 Å². The van der Waals surface area contributed by atoms with Crippen LogP contribution in [0.2, 0.25) is 5.02 Å². The van der Waals surface area contributed by atoms with Crippen molar-refractivity contribution in [2.24, 2.45) is 0 Å². The second-order valence-corrected chi connectivity index (χ2v) is 5.61. The maximum Gasteiger partial charge on any atom is 0.275 e. The Hall–Kier alpha value is -1.11. The molecule has 2 rings (SSSR count). The van der Waals surface area contributed by atoms with Crippen LogP contribution < -0.4 is 5.32 Å². The lowest BCUT2D eigenvalue weighted by molar-refractivity contribution is 0.102. The lowest BCUT2D eigenvalue weighted by Gasteiger charge is -2.06. The number of nitrogens with one attached hydrogen (secondary N) is 1. The molecule has 0 aliphatic carbocycles. The fourth-order valence-electron chi connectivity index (χ4n) is 1.33. The van der Waals surface area contributed by atoms with E-state index in [1.807, 2.05) is 18.4 Å². The highest BCUT2D eigenvalue weighted by Gasteiger charge is 2.14. The molecule has 1 aromatic carbocycles. The van der Waals surface area contributed by atoms with E-state index in [2.05, 4.69) is 31.2 Å². The number of carbonyl (C=O) groups excluding carboxylic acids is 1. The van der Waals surface area contributed by atoms with Gasteiger partial charge in [0.15, 0.2) is 10.9 Å². The second-order valence-electron chi connectivity index (χ2n) is 3.51. The minimum atomic E-state index is -0.356. The van der Waals surface area contributed by atoms with E-state index in [0.29, 0.717) is 10.8 Å². The van der Waals surface area contributed by atoms with E-state index in [1.165, 1.54) is 18.0 Å². The maximum absolute atomic E-state index is 12.1. The van der Waals surface area contributed by atoms with Gasteiger partial charge in [-0.15, -0.1) is 0 Å². The van der Waals surface area contributed by atoms with Crippen molar-refractivity contribution in [3.8, 4) is 0 Å². The first-order valence-corrected chi connectivity index (χ1v) is 7.63. The highest BCUT2D eigenvalue weighted by molar-refractivity contribution is 9.10. The molecule has 98 valence electrons. The number of anilines is 1. The average molecular weight is 359 g/mol. The summed E-state index contributed by atoms with van der Waals surface area (Å²) in [6.45, 7) is 0. The van der Waals surface area contributed by atoms with Gasteiger partial charge in [0, 0.05) is 10.2 Å². The number of nitrogens with zero attached hydrogens (tertiary/aromatic N) is 2. The number of amides is 1. The minimum absolute atomic E-state index is 0.170. The summed E-state index contributed by atoms with van der Waals surface area (Å²) < 4.78 is 0.940. The van der Waals surface area contributed by atoms with E-state index < -0.39 is 0 Å². The lowest BCUT2D eigenvalue weighted by Crippen LogP contribution is -2.15. The highest BCUT2D eigenvalue weighted by atomic mass is 79.9. The Balaban J connectivity index is 2.22. The molecule has 0 aliphatic heterocycles.